The first kappa shape index (κ1) is 36.4. The van der Waals surface area contributed by atoms with Crippen molar-refractivity contribution in [1.29, 1.82) is 0 Å². The minimum absolute atomic E-state index is 0.767. The average molecular weight is 753 g/mol. The summed E-state index contributed by atoms with van der Waals surface area (Å²) >= 11 is 0. The fourth-order valence-corrected chi connectivity index (χ4v) is 8.18. The van der Waals surface area contributed by atoms with E-state index in [0.29, 0.717) is 0 Å². The third-order valence-electron chi connectivity index (χ3n) is 11.3. The molecule has 0 aromatic heterocycles. The fourth-order valence-electron chi connectivity index (χ4n) is 8.18. The van der Waals surface area contributed by atoms with Crippen molar-refractivity contribution in [3.8, 4) is 0 Å². The van der Waals surface area contributed by atoms with Crippen molar-refractivity contribution in [3.05, 3.63) is 121 Å². The molecule has 0 bridgehead atoms. The minimum atomic E-state index is 0.767. The van der Waals surface area contributed by atoms with Crippen LogP contribution in [0.2, 0.25) is 0 Å². The van der Waals surface area contributed by atoms with Crippen LogP contribution in [0.4, 0.5) is 56.9 Å². The summed E-state index contributed by atoms with van der Waals surface area (Å²) in [5.74, 6) is 0. The normalized spacial score (nSPS) is 17.9. The molecule has 0 spiro atoms. The van der Waals surface area contributed by atoms with Crippen LogP contribution in [-0.4, -0.2) is 105 Å². The zero-order chi connectivity index (χ0) is 37.5. The molecule has 290 valence electrons. The Balaban J connectivity index is 1.05. The lowest BCUT2D eigenvalue weighted by molar-refractivity contribution is 0.122. The molecule has 5 aromatic rings. The van der Waals surface area contributed by atoms with Gasteiger partial charge in [0, 0.05) is 109 Å². The van der Waals surface area contributed by atoms with Crippen molar-refractivity contribution < 1.29 is 18.9 Å². The van der Waals surface area contributed by atoms with E-state index in [1.807, 2.05) is 0 Å². The van der Waals surface area contributed by atoms with Crippen molar-refractivity contribution in [2.45, 2.75) is 0 Å². The van der Waals surface area contributed by atoms with E-state index in [4.69, 9.17) is 18.9 Å². The summed E-state index contributed by atoms with van der Waals surface area (Å²) in [5.41, 5.74) is 11.6. The predicted octanol–water partition coefficient (Wildman–Crippen LogP) is 7.97. The maximum absolute atomic E-state index is 5.62. The topological polar surface area (TPSA) is 56.4 Å². The Hall–Kier alpha value is -5.26. The molecule has 0 aliphatic carbocycles. The van der Waals surface area contributed by atoms with E-state index in [1.54, 1.807) is 0 Å². The van der Waals surface area contributed by atoms with Gasteiger partial charge in [0.05, 0.1) is 52.9 Å². The fraction of sp³-hybridized carbons (Fsp3) is 0.348. The lowest BCUT2D eigenvalue weighted by atomic mass is 10.1. The smallest absolute Gasteiger partial charge is 0.0642 e. The van der Waals surface area contributed by atoms with Gasteiger partial charge in [0.15, 0.2) is 0 Å². The van der Waals surface area contributed by atoms with Gasteiger partial charge in [-0.25, -0.2) is 0 Å². The molecule has 0 saturated carbocycles. The van der Waals surface area contributed by atoms with Gasteiger partial charge in [-0.1, -0.05) is 0 Å². The van der Waals surface area contributed by atoms with Crippen LogP contribution in [0.1, 0.15) is 0 Å². The van der Waals surface area contributed by atoms with E-state index < -0.39 is 0 Å². The first-order chi connectivity index (χ1) is 27.8. The summed E-state index contributed by atoms with van der Waals surface area (Å²) in [6, 6.07) is 44.9. The quantitative estimate of drug-likeness (QED) is 0.141. The Kier molecular flexibility index (Phi) is 11.2. The molecule has 0 amide bonds. The molecule has 0 N–H and O–H groups in total. The highest BCUT2D eigenvalue weighted by Crippen LogP contribution is 2.41. The van der Waals surface area contributed by atoms with Crippen LogP contribution in [0.5, 0.6) is 0 Å². The first-order valence-corrected chi connectivity index (χ1v) is 20.2. The second-order valence-electron chi connectivity index (χ2n) is 14.7. The van der Waals surface area contributed by atoms with Crippen LogP contribution in [0.3, 0.4) is 0 Å². The van der Waals surface area contributed by atoms with E-state index in [0.717, 1.165) is 139 Å². The highest BCUT2D eigenvalue weighted by Gasteiger charge is 2.20. The molecule has 0 radical (unpaired) electrons. The Morgan fingerprint density at radius 2 is 0.411 bits per heavy atom. The Bertz CT molecular complexity index is 1700. The van der Waals surface area contributed by atoms with Gasteiger partial charge in [0.2, 0.25) is 0 Å². The molecule has 4 heterocycles. The van der Waals surface area contributed by atoms with Gasteiger partial charge in [-0.05, 0) is 121 Å². The zero-order valence-electron chi connectivity index (χ0n) is 32.2. The summed E-state index contributed by atoms with van der Waals surface area (Å²) in [5, 5.41) is 0. The van der Waals surface area contributed by atoms with E-state index >= 15 is 0 Å². The van der Waals surface area contributed by atoms with Gasteiger partial charge in [-0.15, -0.1) is 0 Å². The van der Waals surface area contributed by atoms with Crippen molar-refractivity contribution in [3.63, 3.8) is 0 Å². The van der Waals surface area contributed by atoms with E-state index in [9.17, 15) is 0 Å². The largest absolute Gasteiger partial charge is 0.378 e. The Morgan fingerprint density at radius 1 is 0.250 bits per heavy atom. The van der Waals surface area contributed by atoms with E-state index in [1.165, 1.54) is 22.7 Å². The number of anilines is 10. The summed E-state index contributed by atoms with van der Waals surface area (Å²) in [7, 11) is 0. The summed E-state index contributed by atoms with van der Waals surface area (Å²) in [4.78, 5) is 14.3. The van der Waals surface area contributed by atoms with Gasteiger partial charge in [-0.3, -0.25) is 0 Å². The Morgan fingerprint density at radius 3 is 0.589 bits per heavy atom. The summed E-state index contributed by atoms with van der Waals surface area (Å²) < 4.78 is 22.5. The molecule has 4 fully saturated rings. The molecule has 0 atom stereocenters. The minimum Gasteiger partial charge on any atom is -0.378 e. The van der Waals surface area contributed by atoms with E-state index in [2.05, 4.69) is 151 Å². The number of ether oxygens (including phenoxy) is 4. The van der Waals surface area contributed by atoms with Gasteiger partial charge < -0.3 is 48.3 Å². The molecule has 4 aliphatic heterocycles. The molecule has 10 heteroatoms. The molecule has 5 aromatic carbocycles. The van der Waals surface area contributed by atoms with Crippen molar-refractivity contribution in [2.24, 2.45) is 0 Å². The molecular weight excluding hydrogens is 701 g/mol. The van der Waals surface area contributed by atoms with Crippen LogP contribution >= 0.6 is 0 Å². The second kappa shape index (κ2) is 17.3. The van der Waals surface area contributed by atoms with Crippen LogP contribution < -0.4 is 29.4 Å². The molecule has 4 saturated heterocycles. The monoisotopic (exact) mass is 752 g/mol. The lowest BCUT2D eigenvalue weighted by Gasteiger charge is -2.32. The number of hydrogen-bond acceptors (Lipinski definition) is 10. The molecule has 4 aliphatic rings. The molecule has 0 unspecified atom stereocenters. The van der Waals surface area contributed by atoms with E-state index in [-0.39, 0.29) is 0 Å². The molecule has 56 heavy (non-hydrogen) atoms. The predicted molar refractivity (Wildman–Crippen MR) is 228 cm³/mol. The highest BCUT2D eigenvalue weighted by molar-refractivity contribution is 5.82. The van der Waals surface area contributed by atoms with Gasteiger partial charge in [-0.2, -0.15) is 0 Å². The number of nitrogens with zero attached hydrogens (tertiary/aromatic N) is 6. The van der Waals surface area contributed by atoms with Crippen LogP contribution in [0.15, 0.2) is 121 Å². The average Bonchev–Trinajstić information content (AvgIpc) is 3.29. The number of hydrogen-bond donors (Lipinski definition) is 0. The maximum Gasteiger partial charge on any atom is 0.0642 e. The summed E-state index contributed by atoms with van der Waals surface area (Å²) in [6.45, 7) is 13.4. The molecular formula is C46H52N6O4. The number of rotatable bonds is 10. The van der Waals surface area contributed by atoms with Crippen LogP contribution in [-0.2, 0) is 18.9 Å². The standard InChI is InChI=1S/C46H52N6O4/c1-9-41(10-2-37(1)47-21-29-53-30-22-47)51(42-11-3-38(4-12-42)48-23-31-54-32-24-48)45-17-19-46(20-18-45)52(43-13-5-39(6-14-43)49-25-33-55-34-26-49)44-15-7-40(8-16-44)50-27-35-56-36-28-50/h1-20H,21-36H2. The number of morpholine rings is 4. The first-order valence-electron chi connectivity index (χ1n) is 20.2. The SMILES string of the molecule is c1cc(N(c2ccc(N3CCOCC3)cc2)c2ccc(N(c3ccc(N4CCOCC4)cc3)c3ccc(N4CCOCC4)cc3)cc2)ccc1N1CCOCC1. The van der Waals surface area contributed by atoms with Gasteiger partial charge in [0.1, 0.15) is 0 Å². The summed E-state index contributed by atoms with van der Waals surface area (Å²) in [6.07, 6.45) is 0. The second-order valence-corrected chi connectivity index (χ2v) is 14.7. The third kappa shape index (κ3) is 8.15. The highest BCUT2D eigenvalue weighted by atomic mass is 16.5. The van der Waals surface area contributed by atoms with Gasteiger partial charge >= 0.3 is 0 Å². The van der Waals surface area contributed by atoms with Crippen molar-refractivity contribution >= 4 is 56.9 Å². The maximum atomic E-state index is 5.62. The van der Waals surface area contributed by atoms with Crippen molar-refractivity contribution in [1.82, 2.24) is 0 Å². The zero-order valence-corrected chi connectivity index (χ0v) is 32.2. The van der Waals surface area contributed by atoms with Gasteiger partial charge in [0.25, 0.3) is 0 Å². The third-order valence-corrected chi connectivity index (χ3v) is 11.3. The van der Waals surface area contributed by atoms with Crippen molar-refractivity contribution in [2.75, 3.05) is 135 Å². The van der Waals surface area contributed by atoms with Crippen LogP contribution in [0, 0.1) is 0 Å². The van der Waals surface area contributed by atoms with Crippen LogP contribution in [0.25, 0.3) is 0 Å². The lowest BCUT2D eigenvalue weighted by Crippen LogP contribution is -2.36. The molecule has 9 rings (SSSR count). The number of benzene rings is 5. The Labute approximate surface area is 330 Å². The molecule has 10 nitrogen and oxygen atoms in total.